The second kappa shape index (κ2) is 7.67. The van der Waals surface area contributed by atoms with Crippen LogP contribution in [0.2, 0.25) is 0 Å². The summed E-state index contributed by atoms with van der Waals surface area (Å²) >= 11 is 0. The maximum Gasteiger partial charge on any atom is 0.482 e. The van der Waals surface area contributed by atoms with Crippen molar-refractivity contribution in [2.24, 2.45) is 0 Å². The van der Waals surface area contributed by atoms with Crippen LogP contribution in [0, 0.1) is 0 Å². The molecule has 0 aromatic heterocycles. The maximum absolute atomic E-state index is 12.0. The molecular formula is C9H22O6P2. The Morgan fingerprint density at radius 1 is 1.00 bits per heavy atom. The Morgan fingerprint density at radius 3 is 1.71 bits per heavy atom. The molecule has 6 nitrogen and oxygen atoms in total. The third-order valence-electron chi connectivity index (χ3n) is 2.20. The van der Waals surface area contributed by atoms with Crippen molar-refractivity contribution in [1.82, 2.24) is 0 Å². The highest BCUT2D eigenvalue weighted by Crippen LogP contribution is 2.65. The summed E-state index contributed by atoms with van der Waals surface area (Å²) in [5.41, 5.74) is -0.559. The number of phosphoric acid groups is 1. The average Bonchev–Trinajstić information content (AvgIpc) is 2.17. The Labute approximate surface area is 103 Å². The van der Waals surface area contributed by atoms with Gasteiger partial charge in [0.2, 0.25) is 0 Å². The lowest BCUT2D eigenvalue weighted by molar-refractivity contribution is 0.160. The van der Waals surface area contributed by atoms with Crippen LogP contribution in [0.15, 0.2) is 0 Å². The predicted molar refractivity (Wildman–Crippen MR) is 66.1 cm³/mol. The summed E-state index contributed by atoms with van der Waals surface area (Å²) < 4.78 is 38.3. The van der Waals surface area contributed by atoms with Crippen LogP contribution in [-0.4, -0.2) is 23.8 Å². The first-order valence-corrected chi connectivity index (χ1v) is 8.88. The third kappa shape index (κ3) is 5.64. The van der Waals surface area contributed by atoms with Gasteiger partial charge in [0.25, 0.3) is 0 Å². The van der Waals surface area contributed by atoms with Crippen LogP contribution in [0.3, 0.4) is 0 Å². The highest BCUT2D eigenvalue weighted by Gasteiger charge is 2.40. The Morgan fingerprint density at radius 2 is 1.41 bits per heavy atom. The number of hydrogen-bond donors (Lipinski definition) is 1. The van der Waals surface area contributed by atoms with E-state index in [4.69, 9.17) is 13.4 Å². The maximum atomic E-state index is 12.0. The summed E-state index contributed by atoms with van der Waals surface area (Å²) in [6, 6.07) is 0. The molecule has 0 rings (SSSR count). The van der Waals surface area contributed by atoms with Crippen molar-refractivity contribution in [2.75, 3.05) is 13.2 Å². The molecule has 0 amide bonds. The second-order valence-corrected chi connectivity index (χ2v) is 7.32. The first-order chi connectivity index (χ1) is 7.85. The second-order valence-electron chi connectivity index (χ2n) is 3.40. The van der Waals surface area contributed by atoms with Gasteiger partial charge in [0, 0.05) is 0 Å². The molecule has 0 fully saturated rings. The minimum Gasteiger partial charge on any atom is -0.324 e. The standard InChI is InChI=1S/C9H22O6P2/c1-5-9(6-2)16(10,11)15-17(12,13-7-3)14-8-4/h9H,5-8H2,1-4H3,(H,10,11). The molecule has 0 aliphatic carbocycles. The lowest BCUT2D eigenvalue weighted by Gasteiger charge is -2.24. The van der Waals surface area contributed by atoms with Gasteiger partial charge in [-0.25, -0.2) is 8.88 Å². The van der Waals surface area contributed by atoms with E-state index in [9.17, 15) is 14.0 Å². The minimum absolute atomic E-state index is 0.0835. The average molecular weight is 288 g/mol. The van der Waals surface area contributed by atoms with Crippen LogP contribution in [-0.2, 0) is 22.5 Å². The van der Waals surface area contributed by atoms with E-state index in [1.807, 2.05) is 0 Å². The summed E-state index contributed by atoms with van der Waals surface area (Å²) in [7, 11) is -7.93. The van der Waals surface area contributed by atoms with E-state index in [1.54, 1.807) is 27.7 Å². The first kappa shape index (κ1) is 17.3. The van der Waals surface area contributed by atoms with Gasteiger partial charge < -0.3 is 4.89 Å². The van der Waals surface area contributed by atoms with Gasteiger partial charge in [-0.2, -0.15) is 0 Å². The molecule has 8 heteroatoms. The molecule has 0 aliphatic heterocycles. The van der Waals surface area contributed by atoms with Crippen molar-refractivity contribution in [1.29, 1.82) is 0 Å². The molecule has 1 unspecified atom stereocenters. The van der Waals surface area contributed by atoms with Crippen molar-refractivity contribution in [3.63, 3.8) is 0 Å². The van der Waals surface area contributed by atoms with Gasteiger partial charge in [0.05, 0.1) is 18.9 Å². The smallest absolute Gasteiger partial charge is 0.324 e. The lowest BCUT2D eigenvalue weighted by atomic mass is 10.3. The van der Waals surface area contributed by atoms with Gasteiger partial charge in [-0.1, -0.05) is 13.8 Å². The zero-order valence-corrected chi connectivity index (χ0v) is 12.6. The fourth-order valence-electron chi connectivity index (χ4n) is 1.36. The van der Waals surface area contributed by atoms with Crippen molar-refractivity contribution >= 4 is 15.4 Å². The van der Waals surface area contributed by atoms with Crippen LogP contribution in [0.5, 0.6) is 0 Å². The van der Waals surface area contributed by atoms with Crippen LogP contribution in [0.1, 0.15) is 40.5 Å². The zero-order valence-electron chi connectivity index (χ0n) is 10.8. The molecule has 17 heavy (non-hydrogen) atoms. The zero-order chi connectivity index (χ0) is 13.5. The summed E-state index contributed by atoms with van der Waals surface area (Å²) in [6.45, 7) is 6.92. The summed E-state index contributed by atoms with van der Waals surface area (Å²) in [4.78, 5) is 9.76. The Kier molecular flexibility index (Phi) is 7.81. The lowest BCUT2D eigenvalue weighted by Crippen LogP contribution is -2.09. The van der Waals surface area contributed by atoms with Crippen LogP contribution in [0.4, 0.5) is 0 Å². The van der Waals surface area contributed by atoms with E-state index < -0.39 is 21.1 Å². The number of rotatable bonds is 9. The van der Waals surface area contributed by atoms with Gasteiger partial charge in [-0.05, 0) is 26.7 Å². The summed E-state index contributed by atoms with van der Waals surface area (Å²) in [6.07, 6.45) is 0.922. The Balaban J connectivity index is 4.85. The molecular weight excluding hydrogens is 266 g/mol. The molecule has 0 aromatic carbocycles. The topological polar surface area (TPSA) is 82.1 Å². The highest BCUT2D eigenvalue weighted by atomic mass is 31.3. The van der Waals surface area contributed by atoms with Gasteiger partial charge >= 0.3 is 15.4 Å². The third-order valence-corrected chi connectivity index (χ3v) is 6.73. The molecule has 0 saturated carbocycles. The SMILES string of the molecule is CCOP(=O)(OCC)OP(=O)(O)C(CC)CC. The van der Waals surface area contributed by atoms with Crippen molar-refractivity contribution in [3.05, 3.63) is 0 Å². The monoisotopic (exact) mass is 288 g/mol. The van der Waals surface area contributed by atoms with Crippen molar-refractivity contribution in [3.8, 4) is 0 Å². The van der Waals surface area contributed by atoms with E-state index >= 15 is 0 Å². The molecule has 0 aromatic rings. The van der Waals surface area contributed by atoms with E-state index in [0.717, 1.165) is 0 Å². The molecule has 0 spiro atoms. The Hall–Kier alpha value is 0.300. The van der Waals surface area contributed by atoms with Gasteiger partial charge in [0.1, 0.15) is 0 Å². The predicted octanol–water partition coefficient (Wildman–Crippen LogP) is 3.56. The molecule has 1 N–H and O–H groups in total. The molecule has 0 bridgehead atoms. The molecule has 0 aliphatic rings. The van der Waals surface area contributed by atoms with Crippen molar-refractivity contribution in [2.45, 2.75) is 46.2 Å². The first-order valence-electron chi connectivity index (χ1n) is 5.78. The highest BCUT2D eigenvalue weighted by molar-refractivity contribution is 7.64. The normalized spacial score (nSPS) is 16.1. The minimum atomic E-state index is -4.00. The van der Waals surface area contributed by atoms with Crippen LogP contribution < -0.4 is 0 Å². The van der Waals surface area contributed by atoms with E-state index in [0.29, 0.717) is 12.8 Å². The number of phosphoric ester groups is 1. The fourth-order valence-corrected chi connectivity index (χ4v) is 5.05. The largest absolute Gasteiger partial charge is 0.482 e. The molecule has 1 atom stereocenters. The van der Waals surface area contributed by atoms with Gasteiger partial charge in [0.15, 0.2) is 0 Å². The summed E-state index contributed by atoms with van der Waals surface area (Å²) in [5, 5.41) is 0. The van der Waals surface area contributed by atoms with Crippen molar-refractivity contribution < 1.29 is 27.4 Å². The van der Waals surface area contributed by atoms with Crippen LogP contribution in [0.25, 0.3) is 0 Å². The van der Waals surface area contributed by atoms with E-state index in [1.165, 1.54) is 0 Å². The van der Waals surface area contributed by atoms with Gasteiger partial charge in [-0.3, -0.25) is 13.6 Å². The molecule has 0 radical (unpaired) electrons. The summed E-state index contributed by atoms with van der Waals surface area (Å²) in [5.74, 6) is 0. The molecule has 0 saturated heterocycles. The molecule has 104 valence electrons. The number of hydrogen-bond acceptors (Lipinski definition) is 5. The Bertz CT molecular complexity index is 286. The molecule has 0 heterocycles. The fraction of sp³-hybridized carbons (Fsp3) is 1.00. The van der Waals surface area contributed by atoms with E-state index in [-0.39, 0.29) is 13.2 Å². The van der Waals surface area contributed by atoms with Gasteiger partial charge in [-0.15, -0.1) is 0 Å². The quantitative estimate of drug-likeness (QED) is 0.653. The van der Waals surface area contributed by atoms with E-state index in [2.05, 4.69) is 0 Å². The van der Waals surface area contributed by atoms with Crippen LogP contribution >= 0.6 is 15.4 Å².